The van der Waals surface area contributed by atoms with E-state index in [0.29, 0.717) is 36.6 Å². The number of hydrogen-bond donors (Lipinski definition) is 0. The number of nitrogens with zero attached hydrogens (tertiary/aromatic N) is 1. The summed E-state index contributed by atoms with van der Waals surface area (Å²) in [5.41, 5.74) is 1.01. The highest BCUT2D eigenvalue weighted by molar-refractivity contribution is 7.91. The first-order chi connectivity index (χ1) is 11.6. The molecule has 0 bridgehead atoms. The Morgan fingerprint density at radius 1 is 1.04 bits per heavy atom. The molecule has 2 aliphatic rings. The highest BCUT2D eigenvalue weighted by Gasteiger charge is 2.28. The van der Waals surface area contributed by atoms with Crippen molar-refractivity contribution in [3.05, 3.63) is 36.4 Å². The molecular weight excluding hydrogens is 346 g/mol. The van der Waals surface area contributed by atoms with Crippen molar-refractivity contribution >= 4 is 21.4 Å². The van der Waals surface area contributed by atoms with Gasteiger partial charge in [-0.25, -0.2) is 8.42 Å². The summed E-state index contributed by atoms with van der Waals surface area (Å²) in [6.45, 7) is 1.76. The van der Waals surface area contributed by atoms with Gasteiger partial charge in [0.05, 0.1) is 19.3 Å². The normalized spacial score (nSPS) is 19.3. The number of rotatable bonds is 5. The lowest BCUT2D eigenvalue weighted by Crippen LogP contribution is -2.40. The van der Waals surface area contributed by atoms with Gasteiger partial charge in [0.2, 0.25) is 0 Å². The molecule has 1 saturated heterocycles. The Morgan fingerprint density at radius 3 is 2.42 bits per heavy atom. The van der Waals surface area contributed by atoms with Crippen molar-refractivity contribution in [2.24, 2.45) is 0 Å². The zero-order chi connectivity index (χ0) is 16.6. The Bertz CT molecular complexity index is 803. The van der Waals surface area contributed by atoms with Crippen LogP contribution in [0.25, 0.3) is 10.4 Å². The maximum Gasteiger partial charge on any atom is 0.252 e. The van der Waals surface area contributed by atoms with Gasteiger partial charge in [0, 0.05) is 18.0 Å². The molecular formula is C17H19NO4S2. The molecule has 24 heavy (non-hydrogen) atoms. The van der Waals surface area contributed by atoms with E-state index in [2.05, 4.69) is 0 Å². The molecule has 0 spiro atoms. The molecule has 0 atom stereocenters. The summed E-state index contributed by atoms with van der Waals surface area (Å²) in [5.74, 6) is 0.874. The van der Waals surface area contributed by atoms with E-state index in [4.69, 9.17) is 9.47 Å². The molecule has 2 fully saturated rings. The van der Waals surface area contributed by atoms with E-state index in [-0.39, 0.29) is 0 Å². The average Bonchev–Trinajstić information content (AvgIpc) is 3.27. The van der Waals surface area contributed by atoms with Crippen LogP contribution in [0.2, 0.25) is 0 Å². The first-order valence-electron chi connectivity index (χ1n) is 8.08. The molecule has 1 aromatic carbocycles. The number of hydrogen-bond acceptors (Lipinski definition) is 5. The van der Waals surface area contributed by atoms with Gasteiger partial charge in [-0.15, -0.1) is 11.3 Å². The van der Waals surface area contributed by atoms with Crippen molar-refractivity contribution in [3.63, 3.8) is 0 Å². The van der Waals surface area contributed by atoms with Gasteiger partial charge < -0.3 is 9.47 Å². The number of ether oxygens (including phenoxy) is 2. The summed E-state index contributed by atoms with van der Waals surface area (Å²) in [4.78, 5) is 0.944. The molecule has 1 aromatic heterocycles. The van der Waals surface area contributed by atoms with Crippen LogP contribution in [0.3, 0.4) is 0 Å². The summed E-state index contributed by atoms with van der Waals surface area (Å²) in [6, 6.07) is 11.4. The highest BCUT2D eigenvalue weighted by atomic mass is 32.2. The Labute approximate surface area is 145 Å². The van der Waals surface area contributed by atoms with Crippen LogP contribution in [-0.4, -0.2) is 45.1 Å². The third-order valence-corrected chi connectivity index (χ3v) is 7.61. The van der Waals surface area contributed by atoms with Gasteiger partial charge in [0.25, 0.3) is 10.0 Å². The van der Waals surface area contributed by atoms with Gasteiger partial charge in [-0.1, -0.05) is 0 Å². The fraction of sp³-hybridized carbons (Fsp3) is 0.412. The monoisotopic (exact) mass is 365 g/mol. The molecule has 2 heterocycles. The minimum Gasteiger partial charge on any atom is -0.490 e. The Kier molecular flexibility index (Phi) is 4.34. The van der Waals surface area contributed by atoms with Gasteiger partial charge >= 0.3 is 0 Å². The molecule has 0 radical (unpaired) electrons. The molecule has 1 aliphatic carbocycles. The largest absolute Gasteiger partial charge is 0.490 e. The van der Waals surface area contributed by atoms with E-state index in [1.54, 1.807) is 6.07 Å². The third kappa shape index (κ3) is 3.35. The minimum atomic E-state index is -3.42. The summed E-state index contributed by atoms with van der Waals surface area (Å²) >= 11 is 1.31. The van der Waals surface area contributed by atoms with Crippen LogP contribution in [0.1, 0.15) is 12.8 Å². The van der Waals surface area contributed by atoms with Crippen LogP contribution in [0.5, 0.6) is 5.75 Å². The van der Waals surface area contributed by atoms with Gasteiger partial charge in [-0.05, 0) is 54.8 Å². The van der Waals surface area contributed by atoms with Crippen molar-refractivity contribution in [2.75, 3.05) is 26.3 Å². The summed E-state index contributed by atoms with van der Waals surface area (Å²) in [5, 5.41) is 0. The second kappa shape index (κ2) is 6.48. The number of morpholine rings is 1. The standard InChI is InChI=1S/C17H19NO4S2/c19-24(20,18-9-11-21-12-10-18)17-8-7-16(23-17)13-1-3-14(4-2-13)22-15-5-6-15/h1-4,7-8,15H,5-6,9-12H2. The van der Waals surface area contributed by atoms with Gasteiger partial charge in [-0.3, -0.25) is 0 Å². The van der Waals surface area contributed by atoms with E-state index < -0.39 is 10.0 Å². The van der Waals surface area contributed by atoms with Crippen molar-refractivity contribution in [1.29, 1.82) is 0 Å². The molecule has 5 nitrogen and oxygen atoms in total. The minimum absolute atomic E-state index is 0.378. The molecule has 1 saturated carbocycles. The fourth-order valence-electron chi connectivity index (χ4n) is 2.60. The Morgan fingerprint density at radius 2 is 1.75 bits per heavy atom. The van der Waals surface area contributed by atoms with E-state index in [9.17, 15) is 8.42 Å². The maximum atomic E-state index is 12.7. The van der Waals surface area contributed by atoms with E-state index in [1.807, 2.05) is 30.3 Å². The smallest absolute Gasteiger partial charge is 0.252 e. The first kappa shape index (κ1) is 16.1. The lowest BCUT2D eigenvalue weighted by Gasteiger charge is -2.25. The average molecular weight is 365 g/mol. The summed E-state index contributed by atoms with van der Waals surface area (Å²) < 4.78 is 38.2. The van der Waals surface area contributed by atoms with E-state index >= 15 is 0 Å². The molecule has 128 valence electrons. The van der Waals surface area contributed by atoms with Gasteiger partial charge in [-0.2, -0.15) is 4.31 Å². The highest BCUT2D eigenvalue weighted by Crippen LogP contribution is 2.34. The fourth-order valence-corrected chi connectivity index (χ4v) is 5.48. The predicted octanol–water partition coefficient (Wildman–Crippen LogP) is 2.98. The van der Waals surface area contributed by atoms with Crippen molar-refractivity contribution in [2.45, 2.75) is 23.2 Å². The van der Waals surface area contributed by atoms with E-state index in [1.165, 1.54) is 15.6 Å². The maximum absolute atomic E-state index is 12.7. The van der Waals surface area contributed by atoms with Crippen LogP contribution in [0.15, 0.2) is 40.6 Å². The second-order valence-corrected chi connectivity index (χ2v) is 9.23. The topological polar surface area (TPSA) is 55.8 Å². The third-order valence-electron chi connectivity index (χ3n) is 4.11. The molecule has 4 rings (SSSR count). The molecule has 0 amide bonds. The predicted molar refractivity (Wildman–Crippen MR) is 93.0 cm³/mol. The molecule has 0 unspecified atom stereocenters. The van der Waals surface area contributed by atoms with Crippen molar-refractivity contribution in [3.8, 4) is 16.2 Å². The van der Waals surface area contributed by atoms with Gasteiger partial charge in [0.1, 0.15) is 9.96 Å². The van der Waals surface area contributed by atoms with E-state index in [0.717, 1.165) is 29.0 Å². The van der Waals surface area contributed by atoms with Crippen molar-refractivity contribution in [1.82, 2.24) is 4.31 Å². The quantitative estimate of drug-likeness (QED) is 0.817. The van der Waals surface area contributed by atoms with Crippen molar-refractivity contribution < 1.29 is 17.9 Å². The molecule has 2 aromatic rings. The van der Waals surface area contributed by atoms with Crippen LogP contribution in [0, 0.1) is 0 Å². The SMILES string of the molecule is O=S(=O)(c1ccc(-c2ccc(OC3CC3)cc2)s1)N1CCOCC1. The zero-order valence-corrected chi connectivity index (χ0v) is 14.8. The number of benzene rings is 1. The van der Waals surface area contributed by atoms with Crippen LogP contribution in [-0.2, 0) is 14.8 Å². The Balaban J connectivity index is 1.53. The number of thiophene rings is 1. The molecule has 1 aliphatic heterocycles. The van der Waals surface area contributed by atoms with Gasteiger partial charge in [0.15, 0.2) is 0 Å². The summed E-state index contributed by atoms with van der Waals surface area (Å²) in [6.07, 6.45) is 2.65. The number of sulfonamides is 1. The summed E-state index contributed by atoms with van der Waals surface area (Å²) in [7, 11) is -3.42. The van der Waals surface area contributed by atoms with Crippen LogP contribution in [0.4, 0.5) is 0 Å². The lowest BCUT2D eigenvalue weighted by atomic mass is 10.2. The van der Waals surface area contributed by atoms with Crippen LogP contribution < -0.4 is 4.74 Å². The lowest BCUT2D eigenvalue weighted by molar-refractivity contribution is 0.0731. The first-order valence-corrected chi connectivity index (χ1v) is 10.3. The molecule has 0 N–H and O–H groups in total. The zero-order valence-electron chi connectivity index (χ0n) is 13.2. The van der Waals surface area contributed by atoms with Crippen LogP contribution >= 0.6 is 11.3 Å². The molecule has 7 heteroatoms. The second-order valence-electron chi connectivity index (χ2n) is 5.98. The Hall–Kier alpha value is -1.41.